The zero-order valence-electron chi connectivity index (χ0n) is 6.74. The average Bonchev–Trinajstić information content (AvgIpc) is 2.29. The lowest BCUT2D eigenvalue weighted by Crippen LogP contribution is -2.09. The van der Waals surface area contributed by atoms with Gasteiger partial charge in [0, 0.05) is 0 Å². The van der Waals surface area contributed by atoms with Crippen molar-refractivity contribution < 1.29 is 4.92 Å². The summed E-state index contributed by atoms with van der Waals surface area (Å²) in [4.78, 5) is 9.80. The number of nitrogens with zero attached hydrogens (tertiary/aromatic N) is 3. The second-order valence-electron chi connectivity index (χ2n) is 2.31. The van der Waals surface area contributed by atoms with E-state index in [1.54, 1.807) is 14.0 Å². The van der Waals surface area contributed by atoms with E-state index in [0.29, 0.717) is 5.69 Å². The first kappa shape index (κ1) is 8.47. The van der Waals surface area contributed by atoms with Crippen LogP contribution in [0.3, 0.4) is 0 Å². The number of rotatable bonds is 2. The number of nitrogen functional groups attached to an aromatic ring is 1. The summed E-state index contributed by atoms with van der Waals surface area (Å²) >= 11 is 0. The van der Waals surface area contributed by atoms with E-state index in [-0.39, 0.29) is 11.5 Å². The Balaban J connectivity index is 3.29. The van der Waals surface area contributed by atoms with Gasteiger partial charge in [-0.05, 0) is 11.8 Å². The van der Waals surface area contributed by atoms with Crippen molar-refractivity contribution in [2.45, 2.75) is 6.92 Å². The number of hydrazine groups is 1. The third-order valence-corrected chi connectivity index (χ3v) is 1.63. The molecule has 1 aromatic heterocycles. The zero-order chi connectivity index (χ0) is 9.30. The fraction of sp³-hybridized carbons (Fsp3) is 0.400. The van der Waals surface area contributed by atoms with Gasteiger partial charge in [0.15, 0.2) is 5.69 Å². The van der Waals surface area contributed by atoms with Gasteiger partial charge in [-0.15, -0.1) is 0 Å². The molecule has 1 aromatic rings. The molecule has 0 bridgehead atoms. The van der Waals surface area contributed by atoms with Gasteiger partial charge in [0.25, 0.3) is 0 Å². The van der Waals surface area contributed by atoms with Gasteiger partial charge in [-0.1, -0.05) is 0 Å². The quantitative estimate of drug-likeness (QED) is 0.368. The Morgan fingerprint density at radius 1 is 1.75 bits per heavy atom. The normalized spacial score (nSPS) is 9.92. The third-order valence-electron chi connectivity index (χ3n) is 1.63. The van der Waals surface area contributed by atoms with E-state index < -0.39 is 4.92 Å². The largest absolute Gasteiger partial charge is 0.414 e. The van der Waals surface area contributed by atoms with Crippen molar-refractivity contribution in [3.05, 3.63) is 15.8 Å². The molecule has 7 nitrogen and oxygen atoms in total. The summed E-state index contributed by atoms with van der Waals surface area (Å²) in [6, 6.07) is 0. The first-order valence-electron chi connectivity index (χ1n) is 3.22. The number of nitro groups is 1. The van der Waals surface area contributed by atoms with Crippen molar-refractivity contribution in [3.8, 4) is 0 Å². The average molecular weight is 171 g/mol. The van der Waals surface area contributed by atoms with Gasteiger partial charge >= 0.3 is 5.82 Å². The molecule has 1 rings (SSSR count). The molecule has 0 fully saturated rings. The van der Waals surface area contributed by atoms with E-state index >= 15 is 0 Å². The maximum Gasteiger partial charge on any atom is 0.414 e. The Labute approximate surface area is 68.3 Å². The number of hydrogen-bond donors (Lipinski definition) is 2. The Morgan fingerprint density at radius 3 is 2.67 bits per heavy atom. The van der Waals surface area contributed by atoms with E-state index in [1.165, 1.54) is 4.68 Å². The van der Waals surface area contributed by atoms with Gasteiger partial charge in [-0.25, -0.2) is 0 Å². The van der Waals surface area contributed by atoms with Crippen LogP contribution < -0.4 is 11.3 Å². The Bertz CT molecular complexity index is 318. The number of nitrogens with one attached hydrogen (secondary N) is 1. The second kappa shape index (κ2) is 2.78. The van der Waals surface area contributed by atoms with Crippen LogP contribution in [-0.2, 0) is 7.05 Å². The fourth-order valence-corrected chi connectivity index (χ4v) is 0.887. The number of hydrogen-bond acceptors (Lipinski definition) is 5. The molecule has 0 amide bonds. The first-order valence-corrected chi connectivity index (χ1v) is 3.22. The number of aryl methyl sites for hydroxylation is 1. The topological polar surface area (TPSA) is 99.0 Å². The number of aromatic nitrogens is 2. The zero-order valence-corrected chi connectivity index (χ0v) is 6.74. The Morgan fingerprint density at radius 2 is 2.33 bits per heavy atom. The smallest absolute Gasteiger partial charge is 0.358 e. The molecule has 0 atom stereocenters. The van der Waals surface area contributed by atoms with Gasteiger partial charge in [0.1, 0.15) is 0 Å². The van der Waals surface area contributed by atoms with Crippen LogP contribution >= 0.6 is 0 Å². The van der Waals surface area contributed by atoms with Crippen molar-refractivity contribution in [3.63, 3.8) is 0 Å². The highest BCUT2D eigenvalue weighted by molar-refractivity contribution is 5.59. The maximum absolute atomic E-state index is 10.4. The summed E-state index contributed by atoms with van der Waals surface area (Å²) in [5.74, 6) is 4.84. The fourth-order valence-electron chi connectivity index (χ4n) is 0.887. The summed E-state index contributed by atoms with van der Waals surface area (Å²) in [6.07, 6.45) is 0. The predicted octanol–water partition coefficient (Wildman–Crippen LogP) is -0.0777. The first-order chi connectivity index (χ1) is 5.57. The van der Waals surface area contributed by atoms with Crippen LogP contribution in [-0.4, -0.2) is 14.7 Å². The summed E-state index contributed by atoms with van der Waals surface area (Å²) < 4.78 is 1.40. The molecular weight excluding hydrogens is 162 g/mol. The van der Waals surface area contributed by atoms with Crippen LogP contribution in [0.5, 0.6) is 0 Å². The van der Waals surface area contributed by atoms with E-state index in [9.17, 15) is 10.1 Å². The van der Waals surface area contributed by atoms with Gasteiger partial charge in [-0.2, -0.15) is 4.68 Å². The molecule has 0 unspecified atom stereocenters. The summed E-state index contributed by atoms with van der Waals surface area (Å²) in [5, 5.41) is 14.0. The highest BCUT2D eigenvalue weighted by atomic mass is 16.6. The van der Waals surface area contributed by atoms with Crippen molar-refractivity contribution >= 4 is 11.5 Å². The number of anilines is 1. The lowest BCUT2D eigenvalue weighted by atomic mass is 10.4. The molecule has 0 aromatic carbocycles. The Hall–Kier alpha value is -1.63. The standard InChI is InChI=1S/C5H9N5O2/c1-3-4(7-6)5(10(11)12)8-9(3)2/h7H,6H2,1-2H3. The third kappa shape index (κ3) is 1.10. The monoisotopic (exact) mass is 171 g/mol. The second-order valence-corrected chi connectivity index (χ2v) is 2.31. The minimum absolute atomic E-state index is 0.252. The van der Waals surface area contributed by atoms with Crippen LogP contribution in [0.4, 0.5) is 11.5 Å². The van der Waals surface area contributed by atoms with E-state index in [4.69, 9.17) is 5.84 Å². The van der Waals surface area contributed by atoms with Gasteiger partial charge < -0.3 is 15.5 Å². The van der Waals surface area contributed by atoms with E-state index in [0.717, 1.165) is 0 Å². The summed E-state index contributed by atoms with van der Waals surface area (Å²) in [7, 11) is 1.61. The maximum atomic E-state index is 10.4. The highest BCUT2D eigenvalue weighted by Gasteiger charge is 2.22. The highest BCUT2D eigenvalue weighted by Crippen LogP contribution is 2.24. The summed E-state index contributed by atoms with van der Waals surface area (Å²) in [6.45, 7) is 1.69. The van der Waals surface area contributed by atoms with Crippen molar-refractivity contribution in [1.29, 1.82) is 0 Å². The van der Waals surface area contributed by atoms with Crippen molar-refractivity contribution in [1.82, 2.24) is 9.78 Å². The lowest BCUT2D eigenvalue weighted by Gasteiger charge is -1.95. The van der Waals surface area contributed by atoms with E-state index in [2.05, 4.69) is 10.5 Å². The minimum atomic E-state index is -0.581. The van der Waals surface area contributed by atoms with Gasteiger partial charge in [0.05, 0.1) is 17.8 Å². The van der Waals surface area contributed by atoms with Crippen LogP contribution in [0.2, 0.25) is 0 Å². The molecule has 0 aliphatic heterocycles. The molecule has 3 N–H and O–H groups in total. The van der Waals surface area contributed by atoms with Crippen LogP contribution in [0.25, 0.3) is 0 Å². The SMILES string of the molecule is Cc1c(NN)c([N+](=O)[O-])nn1C. The van der Waals surface area contributed by atoms with Crippen LogP contribution in [0.15, 0.2) is 0 Å². The molecular formula is C5H9N5O2. The minimum Gasteiger partial charge on any atom is -0.358 e. The predicted molar refractivity (Wildman–Crippen MR) is 42.4 cm³/mol. The molecule has 0 saturated carbocycles. The summed E-state index contributed by atoms with van der Waals surface area (Å²) in [5.41, 5.74) is 3.12. The molecule has 0 aliphatic carbocycles. The molecule has 12 heavy (non-hydrogen) atoms. The lowest BCUT2D eigenvalue weighted by molar-refractivity contribution is -0.388. The molecule has 7 heteroatoms. The molecule has 0 radical (unpaired) electrons. The van der Waals surface area contributed by atoms with Crippen LogP contribution in [0.1, 0.15) is 5.69 Å². The van der Waals surface area contributed by atoms with Crippen molar-refractivity contribution in [2.75, 3.05) is 5.43 Å². The molecule has 0 aliphatic rings. The van der Waals surface area contributed by atoms with E-state index in [1.807, 2.05) is 0 Å². The molecule has 66 valence electrons. The van der Waals surface area contributed by atoms with Crippen molar-refractivity contribution in [2.24, 2.45) is 12.9 Å². The number of nitrogens with two attached hydrogens (primary N) is 1. The van der Waals surface area contributed by atoms with Gasteiger partial charge in [-0.3, -0.25) is 5.84 Å². The van der Waals surface area contributed by atoms with Gasteiger partial charge in [0.2, 0.25) is 0 Å². The molecule has 0 saturated heterocycles. The van der Waals surface area contributed by atoms with Crippen LogP contribution in [0, 0.1) is 17.0 Å². The molecule has 0 spiro atoms. The molecule has 1 heterocycles. The Kier molecular flexibility index (Phi) is 1.96.